The summed E-state index contributed by atoms with van der Waals surface area (Å²) in [7, 11) is -3.58. The van der Waals surface area contributed by atoms with Crippen molar-refractivity contribution in [3.05, 3.63) is 41.0 Å². The molecule has 0 saturated heterocycles. The van der Waals surface area contributed by atoms with Crippen LogP contribution in [0.25, 0.3) is 0 Å². The number of hydrogen-bond donors (Lipinski definition) is 2. The lowest BCUT2D eigenvalue weighted by Gasteiger charge is -2.26. The summed E-state index contributed by atoms with van der Waals surface area (Å²) < 4.78 is 33.0. The Hall–Kier alpha value is -2.26. The fourth-order valence-corrected chi connectivity index (χ4v) is 5.75. The van der Waals surface area contributed by atoms with Crippen molar-refractivity contribution in [2.75, 3.05) is 6.54 Å². The second-order valence-electron chi connectivity index (χ2n) is 8.61. The number of sulfonamides is 1. The molecule has 2 aliphatic carbocycles. The molecule has 1 aromatic heterocycles. The number of fused-ring (bicyclic) bond motifs is 1. The number of nitrogens with zero attached hydrogens (tertiary/aromatic N) is 2. The van der Waals surface area contributed by atoms with Crippen molar-refractivity contribution in [3.63, 3.8) is 0 Å². The van der Waals surface area contributed by atoms with Crippen LogP contribution in [0.2, 0.25) is 0 Å². The van der Waals surface area contributed by atoms with Crippen LogP contribution in [0.15, 0.2) is 27.6 Å². The minimum Gasteiger partial charge on any atom is -0.343 e. The number of amides is 1. The van der Waals surface area contributed by atoms with Crippen LogP contribution in [0.5, 0.6) is 0 Å². The molecular formula is C22H30N4O4S. The molecule has 2 aromatic rings. The molecule has 0 aliphatic heterocycles. The van der Waals surface area contributed by atoms with Gasteiger partial charge in [-0.3, -0.25) is 4.79 Å². The highest BCUT2D eigenvalue weighted by Crippen LogP contribution is 2.37. The molecule has 0 radical (unpaired) electrons. The van der Waals surface area contributed by atoms with E-state index < -0.39 is 15.6 Å². The number of carbonyl (C=O) groups excluding carboxylic acids is 1. The van der Waals surface area contributed by atoms with E-state index in [9.17, 15) is 13.2 Å². The van der Waals surface area contributed by atoms with Crippen molar-refractivity contribution < 1.29 is 17.7 Å². The molecular weight excluding hydrogens is 416 g/mol. The van der Waals surface area contributed by atoms with E-state index in [-0.39, 0.29) is 18.9 Å². The molecule has 9 heteroatoms. The first-order chi connectivity index (χ1) is 14.9. The zero-order chi connectivity index (χ0) is 21.9. The van der Waals surface area contributed by atoms with E-state index in [4.69, 9.17) is 4.52 Å². The molecule has 4 rings (SSSR count). The predicted octanol–water partition coefficient (Wildman–Crippen LogP) is 2.90. The maximum atomic E-state index is 12.6. The maximum absolute atomic E-state index is 12.6. The summed E-state index contributed by atoms with van der Waals surface area (Å²) in [6, 6.07) is 5.40. The molecule has 1 amide bonds. The van der Waals surface area contributed by atoms with Gasteiger partial charge in [-0.15, -0.1) is 0 Å². The average molecular weight is 447 g/mol. The fourth-order valence-electron chi connectivity index (χ4n) is 4.62. The fraction of sp³-hybridized carbons (Fsp3) is 0.591. The Morgan fingerprint density at radius 2 is 1.87 bits per heavy atom. The van der Waals surface area contributed by atoms with Crippen molar-refractivity contribution in [1.82, 2.24) is 20.2 Å². The van der Waals surface area contributed by atoms with Crippen LogP contribution in [-0.2, 0) is 33.2 Å². The molecule has 8 nitrogen and oxygen atoms in total. The molecule has 168 valence electrons. The third-order valence-electron chi connectivity index (χ3n) is 6.29. The van der Waals surface area contributed by atoms with Gasteiger partial charge in [-0.1, -0.05) is 24.1 Å². The van der Waals surface area contributed by atoms with Crippen LogP contribution in [0.4, 0.5) is 0 Å². The summed E-state index contributed by atoms with van der Waals surface area (Å²) in [6.45, 7) is 1.94. The largest absolute Gasteiger partial charge is 0.343 e. The highest BCUT2D eigenvalue weighted by molar-refractivity contribution is 7.89. The lowest BCUT2D eigenvalue weighted by molar-refractivity contribution is -0.123. The van der Waals surface area contributed by atoms with Crippen LogP contribution < -0.4 is 10.0 Å². The van der Waals surface area contributed by atoms with Crippen molar-refractivity contribution in [3.8, 4) is 0 Å². The summed E-state index contributed by atoms with van der Waals surface area (Å²) >= 11 is 0. The lowest BCUT2D eigenvalue weighted by Crippen LogP contribution is -2.44. The van der Waals surface area contributed by atoms with Gasteiger partial charge < -0.3 is 9.84 Å². The Balaban J connectivity index is 1.29. The summed E-state index contributed by atoms with van der Waals surface area (Å²) in [5.41, 5.74) is 1.81. The molecule has 1 fully saturated rings. The second-order valence-corrected chi connectivity index (χ2v) is 10.4. The van der Waals surface area contributed by atoms with Crippen LogP contribution in [0.3, 0.4) is 0 Å². The van der Waals surface area contributed by atoms with Crippen molar-refractivity contribution >= 4 is 15.9 Å². The first-order valence-electron chi connectivity index (χ1n) is 11.1. The van der Waals surface area contributed by atoms with Gasteiger partial charge in [0.05, 0.1) is 4.90 Å². The number of hydrogen-bond acceptors (Lipinski definition) is 6. The van der Waals surface area contributed by atoms with Gasteiger partial charge >= 0.3 is 0 Å². The number of rotatable bonds is 8. The van der Waals surface area contributed by atoms with Crippen LogP contribution in [0.1, 0.15) is 74.2 Å². The zero-order valence-corrected chi connectivity index (χ0v) is 18.8. The average Bonchev–Trinajstić information content (AvgIpc) is 3.41. The third kappa shape index (κ3) is 4.98. The van der Waals surface area contributed by atoms with Crippen LogP contribution in [0, 0.1) is 6.92 Å². The molecule has 2 N–H and O–H groups in total. The summed E-state index contributed by atoms with van der Waals surface area (Å²) in [6.07, 6.45) is 8.40. The monoisotopic (exact) mass is 446 g/mol. The van der Waals surface area contributed by atoms with Crippen molar-refractivity contribution in [2.24, 2.45) is 0 Å². The topological polar surface area (TPSA) is 114 Å². The van der Waals surface area contributed by atoms with E-state index in [2.05, 4.69) is 20.2 Å². The minimum absolute atomic E-state index is 0.127. The Morgan fingerprint density at radius 1 is 1.13 bits per heavy atom. The van der Waals surface area contributed by atoms with Gasteiger partial charge in [0.25, 0.3) is 0 Å². The number of benzene rings is 1. The first-order valence-corrected chi connectivity index (χ1v) is 12.6. The van der Waals surface area contributed by atoms with Gasteiger partial charge in [-0.05, 0) is 68.2 Å². The Labute approximate surface area is 183 Å². The van der Waals surface area contributed by atoms with E-state index in [1.807, 2.05) is 6.07 Å². The van der Waals surface area contributed by atoms with E-state index in [1.165, 1.54) is 5.56 Å². The molecule has 0 bridgehead atoms. The minimum atomic E-state index is -3.58. The van der Waals surface area contributed by atoms with E-state index in [1.54, 1.807) is 19.1 Å². The van der Waals surface area contributed by atoms with Gasteiger partial charge in [-0.2, -0.15) is 4.98 Å². The molecule has 0 atom stereocenters. The van der Waals surface area contributed by atoms with E-state index in [0.717, 1.165) is 56.9 Å². The van der Waals surface area contributed by atoms with Crippen LogP contribution >= 0.6 is 0 Å². The Kier molecular flexibility index (Phi) is 6.43. The second kappa shape index (κ2) is 9.08. The number of aromatic nitrogens is 2. The molecule has 0 unspecified atom stereocenters. The number of carbonyl (C=O) groups is 1. The normalized spacial score (nSPS) is 18.0. The zero-order valence-electron chi connectivity index (χ0n) is 17.9. The van der Waals surface area contributed by atoms with E-state index >= 15 is 0 Å². The molecule has 0 spiro atoms. The van der Waals surface area contributed by atoms with Gasteiger partial charge in [0, 0.05) is 19.9 Å². The van der Waals surface area contributed by atoms with Crippen molar-refractivity contribution in [1.29, 1.82) is 0 Å². The van der Waals surface area contributed by atoms with E-state index in [0.29, 0.717) is 23.0 Å². The molecule has 1 saturated carbocycles. The molecule has 1 aromatic carbocycles. The first kappa shape index (κ1) is 22.0. The van der Waals surface area contributed by atoms with Gasteiger partial charge in [0.1, 0.15) is 5.54 Å². The highest BCUT2D eigenvalue weighted by Gasteiger charge is 2.41. The van der Waals surface area contributed by atoms with Crippen LogP contribution in [-0.4, -0.2) is 31.0 Å². The quantitative estimate of drug-likeness (QED) is 0.603. The Morgan fingerprint density at radius 3 is 2.58 bits per heavy atom. The molecule has 31 heavy (non-hydrogen) atoms. The lowest BCUT2D eigenvalue weighted by atomic mass is 9.92. The maximum Gasteiger partial charge on any atom is 0.240 e. The Bertz CT molecular complexity index is 1040. The SMILES string of the molecule is Cc1nc(C2(NC(=O)CCCNS(=O)(=O)c3ccc4c(c3)CCCC4)CCCC2)no1. The molecule has 2 aliphatic rings. The summed E-state index contributed by atoms with van der Waals surface area (Å²) in [5, 5.41) is 7.11. The predicted molar refractivity (Wildman–Crippen MR) is 115 cm³/mol. The smallest absolute Gasteiger partial charge is 0.240 e. The molecule has 1 heterocycles. The summed E-state index contributed by atoms with van der Waals surface area (Å²) in [5.74, 6) is 0.883. The summed E-state index contributed by atoms with van der Waals surface area (Å²) in [4.78, 5) is 17.2. The highest BCUT2D eigenvalue weighted by atomic mass is 32.2. The van der Waals surface area contributed by atoms with Crippen molar-refractivity contribution in [2.45, 2.75) is 81.6 Å². The number of nitrogens with one attached hydrogen (secondary N) is 2. The van der Waals surface area contributed by atoms with Gasteiger partial charge in [0.15, 0.2) is 5.82 Å². The van der Waals surface area contributed by atoms with Gasteiger partial charge in [0.2, 0.25) is 21.8 Å². The number of aryl methyl sites for hydroxylation is 3. The third-order valence-corrected chi connectivity index (χ3v) is 7.75. The standard InChI is InChI=1S/C22H30N4O4S/c1-16-24-21(26-30-16)22(12-4-5-13-22)25-20(27)9-6-14-23-31(28,29)19-11-10-17-7-2-3-8-18(17)15-19/h10-11,15,23H,2-9,12-14H2,1H3,(H,25,27). The van der Waals surface area contributed by atoms with Gasteiger partial charge in [-0.25, -0.2) is 13.1 Å².